The average molecular weight is 451 g/mol. The van der Waals surface area contributed by atoms with E-state index in [9.17, 15) is 26.8 Å². The molecule has 2 aromatic rings. The van der Waals surface area contributed by atoms with Gasteiger partial charge in [0.1, 0.15) is 11.6 Å². The summed E-state index contributed by atoms with van der Waals surface area (Å²) in [5.41, 5.74) is 0.893. The van der Waals surface area contributed by atoms with Gasteiger partial charge >= 0.3 is 0 Å². The Kier molecular flexibility index (Phi) is 7.17. The summed E-state index contributed by atoms with van der Waals surface area (Å²) in [6.45, 7) is 2.08. The minimum absolute atomic E-state index is 0.114. The van der Waals surface area contributed by atoms with Crippen LogP contribution < -0.4 is 5.32 Å². The Morgan fingerprint density at radius 3 is 2.16 bits per heavy atom. The van der Waals surface area contributed by atoms with Gasteiger partial charge < -0.3 is 5.32 Å². The standard InChI is InChI=1S/C22H24F2N2O4S/c1-15(27)17-2-4-21(5-3-17)31(29,30)26-10-7-18(8-11-26)22(28)25-9-6-16-12-19(23)14-20(24)13-16/h2-5,12-14,18H,6-11H2,1H3,(H,25,28). The molecule has 0 aromatic heterocycles. The van der Waals surface area contributed by atoms with Crippen LogP contribution in [0, 0.1) is 17.6 Å². The first kappa shape index (κ1) is 23.0. The molecular weight excluding hydrogens is 426 g/mol. The summed E-state index contributed by atoms with van der Waals surface area (Å²) in [7, 11) is -3.70. The predicted octanol–water partition coefficient (Wildman–Crippen LogP) is 2.93. The summed E-state index contributed by atoms with van der Waals surface area (Å²) in [5.74, 6) is -1.98. The number of sulfonamides is 1. The van der Waals surface area contributed by atoms with Gasteiger partial charge in [-0.15, -0.1) is 0 Å². The van der Waals surface area contributed by atoms with E-state index in [-0.39, 0.29) is 42.1 Å². The van der Waals surface area contributed by atoms with Crippen LogP contribution in [0.5, 0.6) is 0 Å². The largest absolute Gasteiger partial charge is 0.356 e. The van der Waals surface area contributed by atoms with Gasteiger partial charge in [0.15, 0.2) is 5.78 Å². The molecule has 1 heterocycles. The summed E-state index contributed by atoms with van der Waals surface area (Å²) in [5, 5.41) is 2.76. The maximum atomic E-state index is 13.2. The van der Waals surface area contributed by atoms with Crippen molar-refractivity contribution in [3.63, 3.8) is 0 Å². The second-order valence-electron chi connectivity index (χ2n) is 7.58. The number of nitrogens with zero attached hydrogens (tertiary/aromatic N) is 1. The fraction of sp³-hybridized carbons (Fsp3) is 0.364. The monoisotopic (exact) mass is 450 g/mol. The number of nitrogens with one attached hydrogen (secondary N) is 1. The highest BCUT2D eigenvalue weighted by Crippen LogP contribution is 2.24. The third-order valence-electron chi connectivity index (χ3n) is 5.36. The molecule has 3 rings (SSSR count). The number of ketones is 1. The van der Waals surface area contributed by atoms with Gasteiger partial charge in [0, 0.05) is 37.2 Å². The number of halogens is 2. The van der Waals surface area contributed by atoms with E-state index < -0.39 is 21.7 Å². The van der Waals surface area contributed by atoms with Gasteiger partial charge in [-0.2, -0.15) is 4.31 Å². The van der Waals surface area contributed by atoms with Crippen molar-refractivity contribution in [2.45, 2.75) is 31.1 Å². The molecule has 2 aromatic carbocycles. The lowest BCUT2D eigenvalue weighted by molar-refractivity contribution is -0.126. The molecule has 1 saturated heterocycles. The van der Waals surface area contributed by atoms with Gasteiger partial charge in [0.05, 0.1) is 4.90 Å². The van der Waals surface area contributed by atoms with Gasteiger partial charge in [0.2, 0.25) is 15.9 Å². The lowest BCUT2D eigenvalue weighted by Gasteiger charge is -2.30. The molecule has 6 nitrogen and oxygen atoms in total. The SMILES string of the molecule is CC(=O)c1ccc(S(=O)(=O)N2CCC(C(=O)NCCc3cc(F)cc(F)c3)CC2)cc1. The summed E-state index contributed by atoms with van der Waals surface area (Å²) in [6.07, 6.45) is 1.06. The number of Topliss-reactive ketones (excluding diaryl/α,β-unsaturated/α-hetero) is 1. The quantitative estimate of drug-likeness (QED) is 0.658. The van der Waals surface area contributed by atoms with Gasteiger partial charge in [-0.25, -0.2) is 17.2 Å². The number of hydrogen-bond acceptors (Lipinski definition) is 4. The van der Waals surface area contributed by atoms with Crippen molar-refractivity contribution in [2.75, 3.05) is 19.6 Å². The minimum atomic E-state index is -3.70. The fourth-order valence-corrected chi connectivity index (χ4v) is 5.07. The van der Waals surface area contributed by atoms with Gasteiger partial charge in [-0.3, -0.25) is 9.59 Å². The molecule has 166 valence electrons. The van der Waals surface area contributed by atoms with Crippen LogP contribution in [0.25, 0.3) is 0 Å². The van der Waals surface area contributed by atoms with Gasteiger partial charge in [0.25, 0.3) is 0 Å². The van der Waals surface area contributed by atoms with Crippen LogP contribution in [-0.4, -0.2) is 44.0 Å². The first-order valence-electron chi connectivity index (χ1n) is 10.0. The number of benzene rings is 2. The van der Waals surface area contributed by atoms with Crippen LogP contribution in [0.15, 0.2) is 47.4 Å². The van der Waals surface area contributed by atoms with Crippen LogP contribution in [-0.2, 0) is 21.2 Å². The number of amides is 1. The van der Waals surface area contributed by atoms with Gasteiger partial charge in [-0.05, 0) is 56.0 Å². The normalized spacial score (nSPS) is 15.6. The smallest absolute Gasteiger partial charge is 0.243 e. The van der Waals surface area contributed by atoms with E-state index in [1.54, 1.807) is 0 Å². The molecule has 1 aliphatic heterocycles. The molecule has 0 saturated carbocycles. The Morgan fingerprint density at radius 1 is 1.03 bits per heavy atom. The molecule has 1 amide bonds. The third-order valence-corrected chi connectivity index (χ3v) is 7.27. The van der Waals surface area contributed by atoms with Crippen LogP contribution in [0.1, 0.15) is 35.7 Å². The summed E-state index contributed by atoms with van der Waals surface area (Å²) < 4.78 is 53.4. The van der Waals surface area contributed by atoms with Crippen LogP contribution >= 0.6 is 0 Å². The Morgan fingerprint density at radius 2 is 1.61 bits per heavy atom. The Hall–Kier alpha value is -2.65. The van der Waals surface area contributed by atoms with E-state index in [0.29, 0.717) is 30.4 Å². The zero-order valence-corrected chi connectivity index (χ0v) is 17.9. The Bertz CT molecular complexity index is 1040. The van der Waals surface area contributed by atoms with E-state index in [2.05, 4.69) is 5.32 Å². The van der Waals surface area contributed by atoms with E-state index in [1.165, 1.54) is 47.6 Å². The molecule has 0 aliphatic carbocycles. The summed E-state index contributed by atoms with van der Waals surface area (Å²) >= 11 is 0. The third kappa shape index (κ3) is 5.74. The van der Waals surface area contributed by atoms with Crippen molar-refractivity contribution in [2.24, 2.45) is 5.92 Å². The number of hydrogen-bond donors (Lipinski definition) is 1. The molecular formula is C22H24F2N2O4S. The fourth-order valence-electron chi connectivity index (χ4n) is 3.60. The second kappa shape index (κ2) is 9.65. The van der Waals surface area contributed by atoms with E-state index in [0.717, 1.165) is 6.07 Å². The van der Waals surface area contributed by atoms with Gasteiger partial charge in [-0.1, -0.05) is 12.1 Å². The zero-order chi connectivity index (χ0) is 22.6. The predicted molar refractivity (Wildman–Crippen MR) is 111 cm³/mol. The van der Waals surface area contributed by atoms with Crippen LogP contribution in [0.2, 0.25) is 0 Å². The molecule has 0 spiro atoms. The summed E-state index contributed by atoms with van der Waals surface area (Å²) in [4.78, 5) is 23.9. The van der Waals surface area contributed by atoms with Crippen LogP contribution in [0.3, 0.4) is 0 Å². The van der Waals surface area contributed by atoms with Crippen molar-refractivity contribution >= 4 is 21.7 Å². The molecule has 0 unspecified atom stereocenters. The van der Waals surface area contributed by atoms with Crippen molar-refractivity contribution in [1.29, 1.82) is 0 Å². The molecule has 31 heavy (non-hydrogen) atoms. The molecule has 0 atom stereocenters. The Labute approximate surface area is 180 Å². The lowest BCUT2D eigenvalue weighted by atomic mass is 9.97. The molecule has 1 fully saturated rings. The minimum Gasteiger partial charge on any atom is -0.356 e. The van der Waals surface area contributed by atoms with E-state index >= 15 is 0 Å². The maximum Gasteiger partial charge on any atom is 0.243 e. The molecule has 1 N–H and O–H groups in total. The highest BCUT2D eigenvalue weighted by Gasteiger charge is 2.32. The summed E-state index contributed by atoms with van der Waals surface area (Å²) in [6, 6.07) is 9.05. The average Bonchev–Trinajstić information content (AvgIpc) is 2.73. The first-order chi connectivity index (χ1) is 14.7. The van der Waals surface area contributed by atoms with Crippen molar-refractivity contribution in [1.82, 2.24) is 9.62 Å². The van der Waals surface area contributed by atoms with E-state index in [1.807, 2.05) is 0 Å². The maximum absolute atomic E-state index is 13.2. The highest BCUT2D eigenvalue weighted by molar-refractivity contribution is 7.89. The van der Waals surface area contributed by atoms with Crippen molar-refractivity contribution in [3.05, 3.63) is 65.2 Å². The van der Waals surface area contributed by atoms with E-state index in [4.69, 9.17) is 0 Å². The van der Waals surface area contributed by atoms with Crippen molar-refractivity contribution < 1.29 is 26.8 Å². The molecule has 0 bridgehead atoms. The van der Waals surface area contributed by atoms with Crippen LogP contribution in [0.4, 0.5) is 8.78 Å². The highest BCUT2D eigenvalue weighted by atomic mass is 32.2. The molecule has 9 heteroatoms. The topological polar surface area (TPSA) is 83.6 Å². The zero-order valence-electron chi connectivity index (χ0n) is 17.1. The number of rotatable bonds is 7. The van der Waals surface area contributed by atoms with Crippen molar-refractivity contribution in [3.8, 4) is 0 Å². The number of carbonyl (C=O) groups is 2. The number of piperidine rings is 1. The first-order valence-corrected chi connectivity index (χ1v) is 11.4. The molecule has 0 radical (unpaired) electrons. The lowest BCUT2D eigenvalue weighted by Crippen LogP contribution is -2.43. The Balaban J connectivity index is 1.51. The number of carbonyl (C=O) groups excluding carboxylic acids is 2. The second-order valence-corrected chi connectivity index (χ2v) is 9.52. The molecule has 1 aliphatic rings.